The Labute approximate surface area is 191 Å². The average Bonchev–Trinajstić information content (AvgIpc) is 3.48. The molecule has 0 spiro atoms. The van der Waals surface area contributed by atoms with E-state index in [1.54, 1.807) is 16.0 Å². The monoisotopic (exact) mass is 457 g/mol. The van der Waals surface area contributed by atoms with Gasteiger partial charge in [0.1, 0.15) is 11.5 Å². The summed E-state index contributed by atoms with van der Waals surface area (Å²) in [4.78, 5) is 44.2. The molecular formula is C24H19N5O3S. The third-order valence-electron chi connectivity index (χ3n) is 6.12. The van der Waals surface area contributed by atoms with Crippen molar-refractivity contribution in [2.75, 3.05) is 5.32 Å². The molecule has 6 rings (SSSR count). The van der Waals surface area contributed by atoms with Gasteiger partial charge in [-0.1, -0.05) is 24.3 Å². The average molecular weight is 458 g/mol. The van der Waals surface area contributed by atoms with E-state index in [1.165, 1.54) is 0 Å². The van der Waals surface area contributed by atoms with Crippen LogP contribution in [0.3, 0.4) is 0 Å². The number of nitrogens with one attached hydrogen (secondary N) is 3. The van der Waals surface area contributed by atoms with Gasteiger partial charge in [-0.2, -0.15) is 5.10 Å². The topological polar surface area (TPSA) is 113 Å². The summed E-state index contributed by atoms with van der Waals surface area (Å²) in [7, 11) is 0. The number of benzene rings is 1. The number of aromatic amines is 2. The molecule has 0 saturated heterocycles. The number of thiophene rings is 1. The molecule has 0 amide bonds. The van der Waals surface area contributed by atoms with Gasteiger partial charge in [-0.3, -0.25) is 19.6 Å². The number of anilines is 1. The first kappa shape index (κ1) is 19.7. The molecule has 4 aromatic rings. The molecule has 1 aromatic carbocycles. The second-order valence-electron chi connectivity index (χ2n) is 8.11. The predicted molar refractivity (Wildman–Crippen MR) is 126 cm³/mol. The van der Waals surface area contributed by atoms with E-state index >= 15 is 0 Å². The molecule has 9 heteroatoms. The molecule has 0 unspecified atom stereocenters. The normalized spacial score (nSPS) is 17.5. The van der Waals surface area contributed by atoms with Crippen LogP contribution in [0.5, 0.6) is 0 Å². The summed E-state index contributed by atoms with van der Waals surface area (Å²) in [6.45, 7) is 0. The van der Waals surface area contributed by atoms with Gasteiger partial charge in [0.05, 0.1) is 22.0 Å². The number of fused-ring (bicyclic) bond motifs is 1. The van der Waals surface area contributed by atoms with Crippen LogP contribution in [0.2, 0.25) is 0 Å². The maximum Gasteiger partial charge on any atom is 0.327 e. The van der Waals surface area contributed by atoms with Crippen molar-refractivity contribution < 1.29 is 4.79 Å². The summed E-state index contributed by atoms with van der Waals surface area (Å²) >= 11 is 1.54. The highest BCUT2D eigenvalue weighted by Crippen LogP contribution is 2.46. The lowest BCUT2D eigenvalue weighted by Crippen LogP contribution is -2.36. The van der Waals surface area contributed by atoms with Crippen LogP contribution in [0.15, 0.2) is 74.9 Å². The molecular weight excluding hydrogens is 438 g/mol. The quantitative estimate of drug-likeness (QED) is 0.436. The SMILES string of the molecule is O=C1CCCC2=C1[C@H](c1cn(-c3ccccc3)nc1-c1cccs1)c1c([nH]c(=O)[nH]c1=O)N2. The van der Waals surface area contributed by atoms with E-state index in [0.717, 1.165) is 28.2 Å². The Hall–Kier alpha value is -3.98. The van der Waals surface area contributed by atoms with Crippen molar-refractivity contribution in [3.63, 3.8) is 0 Å². The van der Waals surface area contributed by atoms with Gasteiger partial charge in [-0.25, -0.2) is 9.48 Å². The summed E-state index contributed by atoms with van der Waals surface area (Å²) in [6.07, 6.45) is 3.71. The summed E-state index contributed by atoms with van der Waals surface area (Å²) < 4.78 is 1.78. The molecule has 0 bridgehead atoms. The van der Waals surface area contributed by atoms with Crippen LogP contribution in [0, 0.1) is 0 Å². The van der Waals surface area contributed by atoms with Crippen molar-refractivity contribution in [2.45, 2.75) is 25.2 Å². The molecule has 3 aromatic heterocycles. The number of rotatable bonds is 3. The Kier molecular flexibility index (Phi) is 4.51. The highest BCUT2D eigenvalue weighted by atomic mass is 32.1. The van der Waals surface area contributed by atoms with Crippen LogP contribution in [-0.2, 0) is 4.79 Å². The lowest BCUT2D eigenvalue weighted by Gasteiger charge is -2.32. The zero-order valence-electron chi connectivity index (χ0n) is 17.4. The first-order chi connectivity index (χ1) is 16.1. The zero-order valence-corrected chi connectivity index (χ0v) is 18.2. The van der Waals surface area contributed by atoms with Crippen LogP contribution < -0.4 is 16.6 Å². The van der Waals surface area contributed by atoms with E-state index in [1.807, 2.05) is 54.0 Å². The minimum absolute atomic E-state index is 0.00888. The van der Waals surface area contributed by atoms with Gasteiger partial charge >= 0.3 is 5.69 Å². The Morgan fingerprint density at radius 2 is 1.85 bits per heavy atom. The van der Waals surface area contributed by atoms with Gasteiger partial charge in [0.15, 0.2) is 5.78 Å². The number of carbonyl (C=O) groups excluding carboxylic acids is 1. The molecule has 0 radical (unpaired) electrons. The summed E-state index contributed by atoms with van der Waals surface area (Å²) in [5.41, 5.74) is 2.90. The Morgan fingerprint density at radius 1 is 1.00 bits per heavy atom. The number of aromatic nitrogens is 4. The van der Waals surface area contributed by atoms with Gasteiger partial charge in [0.2, 0.25) is 0 Å². The molecule has 1 atom stereocenters. The second-order valence-corrected chi connectivity index (χ2v) is 9.06. The van der Waals surface area contributed by atoms with Crippen LogP contribution in [0.25, 0.3) is 16.3 Å². The molecule has 4 heterocycles. The molecule has 0 saturated carbocycles. The number of allylic oxidation sites excluding steroid dienone is 2. The summed E-state index contributed by atoms with van der Waals surface area (Å²) in [5, 5.41) is 10.0. The molecule has 1 aliphatic heterocycles. The van der Waals surface area contributed by atoms with E-state index in [0.29, 0.717) is 35.5 Å². The number of para-hydroxylation sites is 1. The number of Topliss-reactive ketones (excluding diaryl/α,β-unsaturated/α-hetero) is 1. The minimum atomic E-state index is -0.640. The van der Waals surface area contributed by atoms with Crippen LogP contribution in [0.4, 0.5) is 5.82 Å². The van der Waals surface area contributed by atoms with Gasteiger partial charge in [0.25, 0.3) is 5.56 Å². The van der Waals surface area contributed by atoms with Crippen LogP contribution in [-0.4, -0.2) is 25.5 Å². The summed E-state index contributed by atoms with van der Waals surface area (Å²) in [6, 6.07) is 13.6. The van der Waals surface area contributed by atoms with Gasteiger partial charge in [-0.05, 0) is 36.4 Å². The fourth-order valence-electron chi connectivity index (χ4n) is 4.72. The van der Waals surface area contributed by atoms with E-state index in [-0.39, 0.29) is 5.78 Å². The molecule has 1 aliphatic carbocycles. The lowest BCUT2D eigenvalue weighted by atomic mass is 9.76. The standard InChI is InChI=1S/C24H19N5O3S/c30-16-9-4-8-15-19(16)18(20-22(25-15)26-24(32)27-23(20)31)14-12-29(13-6-2-1-3-7-13)28-21(14)17-10-5-11-33-17/h1-3,5-7,10-12,18H,4,8-9H2,(H3,25,26,27,31,32)/t18-/m0/s1. The third-order valence-corrected chi connectivity index (χ3v) is 6.99. The Bertz CT molecular complexity index is 1530. The first-order valence-corrected chi connectivity index (χ1v) is 11.6. The number of H-pyrrole nitrogens is 2. The first-order valence-electron chi connectivity index (χ1n) is 10.7. The van der Waals surface area contributed by atoms with Crippen LogP contribution >= 0.6 is 11.3 Å². The Morgan fingerprint density at radius 3 is 2.64 bits per heavy atom. The van der Waals surface area contributed by atoms with Crippen molar-refractivity contribution in [1.29, 1.82) is 0 Å². The second kappa shape index (κ2) is 7.56. The van der Waals surface area contributed by atoms with E-state index in [4.69, 9.17) is 5.10 Å². The van der Waals surface area contributed by atoms with E-state index < -0.39 is 17.2 Å². The number of ketones is 1. The Balaban J connectivity index is 1.66. The molecule has 3 N–H and O–H groups in total. The molecule has 2 aliphatic rings. The van der Waals surface area contributed by atoms with E-state index in [2.05, 4.69) is 15.3 Å². The van der Waals surface area contributed by atoms with Crippen molar-refractivity contribution in [2.24, 2.45) is 0 Å². The third kappa shape index (κ3) is 3.20. The number of nitrogens with zero attached hydrogens (tertiary/aromatic N) is 2. The zero-order chi connectivity index (χ0) is 22.5. The number of carbonyl (C=O) groups is 1. The maximum atomic E-state index is 13.2. The minimum Gasteiger partial charge on any atom is -0.344 e. The van der Waals surface area contributed by atoms with Crippen molar-refractivity contribution in [3.8, 4) is 16.3 Å². The largest absolute Gasteiger partial charge is 0.344 e. The maximum absolute atomic E-state index is 13.2. The summed E-state index contributed by atoms with van der Waals surface area (Å²) in [5.74, 6) is -0.291. The van der Waals surface area contributed by atoms with Crippen LogP contribution in [0.1, 0.15) is 36.3 Å². The van der Waals surface area contributed by atoms with Crippen molar-refractivity contribution in [1.82, 2.24) is 19.7 Å². The molecule has 164 valence electrons. The van der Waals surface area contributed by atoms with E-state index in [9.17, 15) is 14.4 Å². The van der Waals surface area contributed by atoms with Crippen molar-refractivity contribution in [3.05, 3.63) is 97.3 Å². The fraction of sp³-hybridized carbons (Fsp3) is 0.167. The number of hydrogen-bond donors (Lipinski definition) is 3. The lowest BCUT2D eigenvalue weighted by molar-refractivity contribution is -0.116. The smallest absolute Gasteiger partial charge is 0.327 e. The predicted octanol–water partition coefficient (Wildman–Crippen LogP) is 3.54. The van der Waals surface area contributed by atoms with Gasteiger partial charge in [-0.15, -0.1) is 11.3 Å². The highest BCUT2D eigenvalue weighted by molar-refractivity contribution is 7.13. The van der Waals surface area contributed by atoms with Gasteiger partial charge in [0, 0.05) is 29.5 Å². The fourth-order valence-corrected chi connectivity index (χ4v) is 5.45. The highest BCUT2D eigenvalue weighted by Gasteiger charge is 2.39. The molecule has 33 heavy (non-hydrogen) atoms. The molecule has 8 nitrogen and oxygen atoms in total. The van der Waals surface area contributed by atoms with Gasteiger partial charge < -0.3 is 5.32 Å². The number of hydrogen-bond acceptors (Lipinski definition) is 6. The molecule has 0 fully saturated rings. The van der Waals surface area contributed by atoms with Crippen molar-refractivity contribution >= 4 is 22.9 Å².